The van der Waals surface area contributed by atoms with Gasteiger partial charge in [-0.2, -0.15) is 0 Å². The van der Waals surface area contributed by atoms with Crippen LogP contribution in [0.25, 0.3) is 0 Å². The summed E-state index contributed by atoms with van der Waals surface area (Å²) in [7, 11) is 0. The number of rotatable bonds is 3. The topological polar surface area (TPSA) is 37.8 Å². The predicted octanol–water partition coefficient (Wildman–Crippen LogP) is 3.27. The van der Waals surface area contributed by atoms with Gasteiger partial charge in [0.2, 0.25) is 0 Å². The summed E-state index contributed by atoms with van der Waals surface area (Å²) in [5, 5.41) is 3.47. The second-order valence-corrected chi connectivity index (χ2v) is 7.33. The lowest BCUT2D eigenvalue weighted by atomic mass is 9.88. The molecule has 2 aliphatic rings. The van der Waals surface area contributed by atoms with E-state index in [9.17, 15) is 0 Å². The third kappa shape index (κ3) is 2.97. The summed E-state index contributed by atoms with van der Waals surface area (Å²) >= 11 is 0. The van der Waals surface area contributed by atoms with E-state index < -0.39 is 0 Å². The summed E-state index contributed by atoms with van der Waals surface area (Å²) < 4.78 is 0. The van der Waals surface area contributed by atoms with Crippen LogP contribution in [-0.2, 0) is 6.54 Å². The average Bonchev–Trinajstić information content (AvgIpc) is 2.98. The smallest absolute Gasteiger partial charge is 0.131 e. The monoisotopic (exact) mass is 259 g/mol. The van der Waals surface area contributed by atoms with Crippen LogP contribution in [0.4, 0.5) is 0 Å². The minimum atomic E-state index is 0.142. The van der Waals surface area contributed by atoms with Crippen LogP contribution in [-0.4, -0.2) is 15.5 Å². The lowest BCUT2D eigenvalue weighted by Crippen LogP contribution is -2.35. The Bertz CT molecular complexity index is 432. The van der Waals surface area contributed by atoms with Gasteiger partial charge in [-0.05, 0) is 51.9 Å². The Morgan fingerprint density at radius 3 is 2.42 bits per heavy atom. The standard InChI is InChI=1S/C16H25N3/c1-16(2,3)19-10-12-8-17-15(18-9-12)14-7-11-4-5-13(14)6-11/h8-9,11,13-14,19H,4-7,10H2,1-3H3. The van der Waals surface area contributed by atoms with Gasteiger partial charge < -0.3 is 5.32 Å². The first-order valence-electron chi connectivity index (χ1n) is 7.57. The number of nitrogens with one attached hydrogen (secondary N) is 1. The fourth-order valence-electron chi connectivity index (χ4n) is 3.58. The molecule has 104 valence electrons. The van der Waals surface area contributed by atoms with Gasteiger partial charge in [0.05, 0.1) is 0 Å². The Labute approximate surface area is 116 Å². The molecular weight excluding hydrogens is 234 g/mol. The van der Waals surface area contributed by atoms with Crippen LogP contribution in [0.5, 0.6) is 0 Å². The quantitative estimate of drug-likeness (QED) is 0.905. The average molecular weight is 259 g/mol. The van der Waals surface area contributed by atoms with E-state index in [1.807, 2.05) is 12.4 Å². The van der Waals surface area contributed by atoms with E-state index in [2.05, 4.69) is 36.1 Å². The van der Waals surface area contributed by atoms with Gasteiger partial charge in [-0.3, -0.25) is 0 Å². The minimum Gasteiger partial charge on any atom is -0.308 e. The SMILES string of the molecule is CC(C)(C)NCc1cnc(C2CC3CCC2C3)nc1. The summed E-state index contributed by atoms with van der Waals surface area (Å²) in [6, 6.07) is 0. The van der Waals surface area contributed by atoms with Gasteiger partial charge in [-0.25, -0.2) is 9.97 Å². The molecule has 0 saturated heterocycles. The molecule has 2 saturated carbocycles. The van der Waals surface area contributed by atoms with Crippen molar-refractivity contribution in [2.24, 2.45) is 11.8 Å². The Morgan fingerprint density at radius 2 is 1.89 bits per heavy atom. The molecule has 2 aliphatic carbocycles. The Hall–Kier alpha value is -0.960. The summed E-state index contributed by atoms with van der Waals surface area (Å²) in [4.78, 5) is 9.26. The fourth-order valence-corrected chi connectivity index (χ4v) is 3.58. The van der Waals surface area contributed by atoms with Gasteiger partial charge in [0.25, 0.3) is 0 Å². The van der Waals surface area contributed by atoms with Crippen LogP contribution in [0.15, 0.2) is 12.4 Å². The van der Waals surface area contributed by atoms with Crippen LogP contribution in [0.3, 0.4) is 0 Å². The second-order valence-electron chi connectivity index (χ2n) is 7.33. The summed E-state index contributed by atoms with van der Waals surface area (Å²) in [5.41, 5.74) is 1.32. The lowest BCUT2D eigenvalue weighted by Gasteiger charge is -2.21. The highest BCUT2D eigenvalue weighted by Gasteiger charge is 2.41. The van der Waals surface area contributed by atoms with Gasteiger partial charge in [0, 0.05) is 36.0 Å². The van der Waals surface area contributed by atoms with Crippen molar-refractivity contribution in [3.8, 4) is 0 Å². The van der Waals surface area contributed by atoms with Crippen LogP contribution in [0.1, 0.15) is 63.8 Å². The molecule has 3 nitrogen and oxygen atoms in total. The lowest BCUT2D eigenvalue weighted by molar-refractivity contribution is 0.403. The molecular formula is C16H25N3. The largest absolute Gasteiger partial charge is 0.308 e. The van der Waals surface area contributed by atoms with Crippen molar-refractivity contribution < 1.29 is 0 Å². The third-order valence-electron chi connectivity index (χ3n) is 4.62. The number of hydrogen-bond acceptors (Lipinski definition) is 3. The highest BCUT2D eigenvalue weighted by Crippen LogP contribution is 2.51. The van der Waals surface area contributed by atoms with Crippen LogP contribution in [0.2, 0.25) is 0 Å². The second kappa shape index (κ2) is 4.86. The first-order chi connectivity index (χ1) is 9.01. The summed E-state index contributed by atoms with van der Waals surface area (Å²) in [5.74, 6) is 3.56. The van der Waals surface area contributed by atoms with E-state index in [0.717, 1.165) is 24.2 Å². The van der Waals surface area contributed by atoms with E-state index in [4.69, 9.17) is 0 Å². The van der Waals surface area contributed by atoms with Crippen molar-refractivity contribution in [2.75, 3.05) is 0 Å². The van der Waals surface area contributed by atoms with Gasteiger partial charge in [-0.15, -0.1) is 0 Å². The van der Waals surface area contributed by atoms with Crippen molar-refractivity contribution in [1.82, 2.24) is 15.3 Å². The molecule has 3 rings (SSSR count). The maximum Gasteiger partial charge on any atom is 0.131 e. The molecule has 2 fully saturated rings. The molecule has 0 aromatic carbocycles. The maximum atomic E-state index is 4.63. The van der Waals surface area contributed by atoms with Crippen molar-refractivity contribution in [3.63, 3.8) is 0 Å². The zero-order valence-corrected chi connectivity index (χ0v) is 12.3. The van der Waals surface area contributed by atoms with Crippen molar-refractivity contribution in [1.29, 1.82) is 0 Å². The molecule has 0 amide bonds. The molecule has 1 heterocycles. The number of aromatic nitrogens is 2. The molecule has 3 unspecified atom stereocenters. The molecule has 3 atom stereocenters. The van der Waals surface area contributed by atoms with Crippen molar-refractivity contribution >= 4 is 0 Å². The molecule has 3 heteroatoms. The fraction of sp³-hybridized carbons (Fsp3) is 0.750. The molecule has 19 heavy (non-hydrogen) atoms. The zero-order valence-electron chi connectivity index (χ0n) is 12.3. The predicted molar refractivity (Wildman–Crippen MR) is 76.8 cm³/mol. The van der Waals surface area contributed by atoms with Gasteiger partial charge >= 0.3 is 0 Å². The summed E-state index contributed by atoms with van der Waals surface area (Å²) in [6.45, 7) is 7.38. The highest BCUT2D eigenvalue weighted by atomic mass is 15.0. The first kappa shape index (κ1) is 13.0. The number of fused-ring (bicyclic) bond motifs is 2. The zero-order chi connectivity index (χ0) is 13.5. The van der Waals surface area contributed by atoms with Crippen LogP contribution in [0, 0.1) is 11.8 Å². The Kier molecular flexibility index (Phi) is 3.34. The first-order valence-corrected chi connectivity index (χ1v) is 7.57. The van der Waals surface area contributed by atoms with Gasteiger partial charge in [0.1, 0.15) is 5.82 Å². The van der Waals surface area contributed by atoms with E-state index in [1.54, 1.807) is 0 Å². The van der Waals surface area contributed by atoms with Crippen LogP contribution < -0.4 is 5.32 Å². The normalized spacial score (nSPS) is 29.9. The summed E-state index contributed by atoms with van der Waals surface area (Å²) in [6.07, 6.45) is 9.59. The Balaban J connectivity index is 1.63. The van der Waals surface area contributed by atoms with E-state index in [-0.39, 0.29) is 5.54 Å². The number of hydrogen-bond donors (Lipinski definition) is 1. The van der Waals surface area contributed by atoms with Crippen molar-refractivity contribution in [2.45, 2.75) is 64.5 Å². The van der Waals surface area contributed by atoms with Gasteiger partial charge in [-0.1, -0.05) is 6.42 Å². The molecule has 1 aromatic heterocycles. The highest BCUT2D eigenvalue weighted by molar-refractivity contribution is 5.11. The van der Waals surface area contributed by atoms with E-state index in [1.165, 1.54) is 31.2 Å². The van der Waals surface area contributed by atoms with Crippen molar-refractivity contribution in [3.05, 3.63) is 23.8 Å². The molecule has 0 spiro atoms. The van der Waals surface area contributed by atoms with Gasteiger partial charge in [0.15, 0.2) is 0 Å². The number of nitrogens with zero attached hydrogens (tertiary/aromatic N) is 2. The molecule has 0 radical (unpaired) electrons. The van der Waals surface area contributed by atoms with Crippen LogP contribution >= 0.6 is 0 Å². The molecule has 1 aromatic rings. The van der Waals surface area contributed by atoms with E-state index in [0.29, 0.717) is 5.92 Å². The maximum absolute atomic E-state index is 4.63. The molecule has 0 aliphatic heterocycles. The molecule has 2 bridgehead atoms. The van der Waals surface area contributed by atoms with E-state index >= 15 is 0 Å². The molecule has 1 N–H and O–H groups in total. The Morgan fingerprint density at radius 1 is 1.16 bits per heavy atom. The third-order valence-corrected chi connectivity index (χ3v) is 4.62. The minimum absolute atomic E-state index is 0.142.